The monoisotopic (exact) mass is 261 g/mol. The largest absolute Gasteiger partial charge is 0.480 e. The minimum Gasteiger partial charge on any atom is -0.392 e. The highest BCUT2D eigenvalue weighted by molar-refractivity contribution is 7.62. The van der Waals surface area contributed by atoms with Crippen molar-refractivity contribution in [2.24, 2.45) is 5.50 Å². The first-order chi connectivity index (χ1) is 6.66. The topological polar surface area (TPSA) is 139 Å². The van der Waals surface area contributed by atoms with Crippen LogP contribution in [0.15, 0.2) is 11.6 Å². The summed E-state index contributed by atoms with van der Waals surface area (Å²) in [5.41, 5.74) is 5.01. The lowest BCUT2D eigenvalue weighted by molar-refractivity contribution is 0.212. The van der Waals surface area contributed by atoms with Gasteiger partial charge in [-0.2, -0.15) is 4.31 Å². The molecular weight excluding hydrogens is 248 g/mol. The van der Waals surface area contributed by atoms with Crippen LogP contribution >= 0.6 is 15.6 Å². The number of rotatable bonds is 6. The Morgan fingerprint density at radius 1 is 1.47 bits per heavy atom. The number of phosphoric acid groups is 1. The van der Waals surface area contributed by atoms with Crippen molar-refractivity contribution in [3.8, 4) is 0 Å². The first-order valence-corrected chi connectivity index (χ1v) is 6.87. The molecule has 0 fully saturated rings. The lowest BCUT2D eigenvalue weighted by atomic mass is 10.3. The summed E-state index contributed by atoms with van der Waals surface area (Å²) in [6.45, 7) is 0.988. The Kier molecular flexibility index (Phi) is 5.87. The maximum absolute atomic E-state index is 10.9. The van der Waals surface area contributed by atoms with Crippen LogP contribution in [0.5, 0.6) is 0 Å². The van der Waals surface area contributed by atoms with E-state index in [0.717, 1.165) is 0 Å². The van der Waals surface area contributed by atoms with E-state index in [2.05, 4.69) is 14.3 Å². The summed E-state index contributed by atoms with van der Waals surface area (Å²) >= 11 is 0. The molecule has 0 saturated carbocycles. The van der Waals surface area contributed by atoms with Crippen LogP contribution in [0, 0.1) is 0 Å². The third kappa shape index (κ3) is 8.92. The summed E-state index contributed by atoms with van der Waals surface area (Å²) in [7, 11) is -9.21. The van der Waals surface area contributed by atoms with Gasteiger partial charge >= 0.3 is 15.6 Å². The molecule has 0 heterocycles. The normalized spacial score (nSPS) is 20.7. The molecular formula is C5H13NO7P2. The van der Waals surface area contributed by atoms with E-state index in [1.54, 1.807) is 6.92 Å². The summed E-state index contributed by atoms with van der Waals surface area (Å²) in [6, 6.07) is 0. The van der Waals surface area contributed by atoms with Gasteiger partial charge in [0.2, 0.25) is 0 Å². The minimum atomic E-state index is -4.65. The van der Waals surface area contributed by atoms with Crippen LogP contribution in [-0.2, 0) is 18.0 Å². The average molecular weight is 261 g/mol. The maximum atomic E-state index is 10.9. The van der Waals surface area contributed by atoms with Crippen LogP contribution in [0.3, 0.4) is 0 Å². The molecule has 10 heteroatoms. The minimum absolute atomic E-state index is 0.227. The number of aliphatic hydroxyl groups is 1. The number of hydrogen-bond acceptors (Lipinski definition) is 5. The third-order valence-electron chi connectivity index (χ3n) is 1.14. The first kappa shape index (κ1) is 15.0. The van der Waals surface area contributed by atoms with Crippen molar-refractivity contribution < 1.29 is 32.9 Å². The molecule has 0 aromatic heterocycles. The summed E-state index contributed by atoms with van der Waals surface area (Å²) < 4.78 is 29.3. The van der Waals surface area contributed by atoms with E-state index in [1.807, 2.05) is 0 Å². The highest BCUT2D eigenvalue weighted by Crippen LogP contribution is 2.55. The van der Waals surface area contributed by atoms with Gasteiger partial charge in [0.05, 0.1) is 13.2 Å². The van der Waals surface area contributed by atoms with Gasteiger partial charge in [-0.3, -0.25) is 4.52 Å². The Bertz CT molecular complexity index is 321. The second-order valence-electron chi connectivity index (χ2n) is 2.62. The zero-order chi connectivity index (χ0) is 12.1. The van der Waals surface area contributed by atoms with Gasteiger partial charge in [0, 0.05) is 0 Å². The smallest absolute Gasteiger partial charge is 0.392 e. The van der Waals surface area contributed by atoms with Crippen LogP contribution in [-0.4, -0.2) is 28.1 Å². The zero-order valence-corrected chi connectivity index (χ0v) is 9.73. The molecule has 0 aliphatic heterocycles. The van der Waals surface area contributed by atoms with Gasteiger partial charge in [-0.25, -0.2) is 14.6 Å². The molecule has 0 aliphatic rings. The number of phosphoric ester groups is 1. The molecule has 0 spiro atoms. The second kappa shape index (κ2) is 5.89. The molecule has 8 nitrogen and oxygen atoms in total. The van der Waals surface area contributed by atoms with Crippen molar-refractivity contribution in [1.29, 1.82) is 0 Å². The van der Waals surface area contributed by atoms with Gasteiger partial charge < -0.3 is 14.9 Å². The quantitative estimate of drug-likeness (QED) is 0.390. The Balaban J connectivity index is 4.18. The molecule has 0 aliphatic carbocycles. The maximum Gasteiger partial charge on any atom is 0.480 e. The average Bonchev–Trinajstić information content (AvgIpc) is 1.98. The molecule has 0 amide bonds. The van der Waals surface area contributed by atoms with E-state index < -0.39 is 15.6 Å². The fourth-order valence-corrected chi connectivity index (χ4v) is 2.14. The molecule has 5 N–H and O–H groups in total. The molecule has 0 aromatic rings. The summed E-state index contributed by atoms with van der Waals surface area (Å²) in [5, 5.41) is 8.56. The molecule has 0 aromatic carbocycles. The van der Waals surface area contributed by atoms with Gasteiger partial charge in [-0.1, -0.05) is 6.08 Å². The van der Waals surface area contributed by atoms with E-state index in [9.17, 15) is 9.13 Å². The second-order valence-corrected chi connectivity index (χ2v) is 5.60. The third-order valence-corrected chi connectivity index (χ3v) is 3.38. The zero-order valence-electron chi connectivity index (χ0n) is 7.94. The molecule has 2 atom stereocenters. The fraction of sp³-hybridized carbons (Fsp3) is 0.600. The van der Waals surface area contributed by atoms with Gasteiger partial charge in [0.25, 0.3) is 0 Å². The van der Waals surface area contributed by atoms with Gasteiger partial charge in [-0.15, -0.1) is 0 Å². The molecule has 0 radical (unpaired) electrons. The molecule has 90 valence electrons. The predicted molar refractivity (Wildman–Crippen MR) is 51.7 cm³/mol. The summed E-state index contributed by atoms with van der Waals surface area (Å²) in [4.78, 5) is 17.3. The molecule has 0 rings (SSSR count). The number of hydrogen-bond donors (Lipinski definition) is 4. The highest BCUT2D eigenvalue weighted by atomic mass is 31.3. The molecule has 0 saturated heterocycles. The van der Waals surface area contributed by atoms with Crippen molar-refractivity contribution in [2.45, 2.75) is 6.92 Å². The van der Waals surface area contributed by atoms with Gasteiger partial charge in [0.1, 0.15) is 0 Å². The SMILES string of the molecule is C/C(=C\COP(=O)(O)OP(N)(=O)O)CO. The lowest BCUT2D eigenvalue weighted by Gasteiger charge is -2.11. The molecule has 2 unspecified atom stereocenters. The highest BCUT2D eigenvalue weighted by Gasteiger charge is 2.30. The van der Waals surface area contributed by atoms with Crippen LogP contribution in [0.4, 0.5) is 0 Å². The molecule has 0 bridgehead atoms. The number of nitrogens with two attached hydrogens (primary N) is 1. The van der Waals surface area contributed by atoms with Crippen LogP contribution in [0.25, 0.3) is 0 Å². The first-order valence-electron chi connectivity index (χ1n) is 3.73. The summed E-state index contributed by atoms with van der Waals surface area (Å²) in [6.07, 6.45) is 1.31. The standard InChI is InChI=1S/C5H13NO7P2/c1-5(4-7)2-3-12-15(10,11)13-14(6,8)9/h2,7H,3-4H2,1H3,(H,10,11)(H3,6,8,9)/b5-2+. The fourth-order valence-electron chi connectivity index (χ4n) is 0.510. The lowest BCUT2D eigenvalue weighted by Crippen LogP contribution is -2.00. The van der Waals surface area contributed by atoms with E-state index in [-0.39, 0.29) is 13.2 Å². The number of aliphatic hydroxyl groups excluding tert-OH is 1. The van der Waals surface area contributed by atoms with Crippen LogP contribution in [0.1, 0.15) is 6.92 Å². The van der Waals surface area contributed by atoms with Crippen LogP contribution < -0.4 is 5.50 Å². The van der Waals surface area contributed by atoms with Crippen molar-refractivity contribution in [3.63, 3.8) is 0 Å². The van der Waals surface area contributed by atoms with Crippen molar-refractivity contribution in [2.75, 3.05) is 13.2 Å². The van der Waals surface area contributed by atoms with Crippen molar-refractivity contribution in [3.05, 3.63) is 11.6 Å². The predicted octanol–water partition coefficient (Wildman–Crippen LogP) is 0.118. The summed E-state index contributed by atoms with van der Waals surface area (Å²) in [5.74, 6) is 0. The van der Waals surface area contributed by atoms with E-state index >= 15 is 0 Å². The Hall–Kier alpha value is -0.0400. The Labute approximate surface area is 86.5 Å². The van der Waals surface area contributed by atoms with Crippen molar-refractivity contribution >= 4 is 15.6 Å². The van der Waals surface area contributed by atoms with Crippen LogP contribution in [0.2, 0.25) is 0 Å². The van der Waals surface area contributed by atoms with E-state index in [0.29, 0.717) is 5.57 Å². The van der Waals surface area contributed by atoms with Gasteiger partial charge in [-0.05, 0) is 12.5 Å². The molecule has 15 heavy (non-hydrogen) atoms. The van der Waals surface area contributed by atoms with E-state index in [4.69, 9.17) is 14.9 Å². The van der Waals surface area contributed by atoms with Crippen molar-refractivity contribution in [1.82, 2.24) is 0 Å². The van der Waals surface area contributed by atoms with E-state index in [1.165, 1.54) is 6.08 Å². The Morgan fingerprint density at radius 3 is 2.40 bits per heavy atom. The Morgan fingerprint density at radius 2 is 2.00 bits per heavy atom. The van der Waals surface area contributed by atoms with Gasteiger partial charge in [0.15, 0.2) is 0 Å².